The smallest absolute Gasteiger partial charge is 0.265 e. The van der Waals surface area contributed by atoms with Crippen LogP contribution in [0.25, 0.3) is 5.76 Å². The van der Waals surface area contributed by atoms with Crippen LogP contribution < -0.4 is 9.47 Å². The molecular weight excluding hydrogens is 730 g/mol. The van der Waals surface area contributed by atoms with Crippen molar-refractivity contribution in [1.82, 2.24) is 15.0 Å². The maximum absolute atomic E-state index is 15.1. The number of likely N-dealkylation sites (tertiary alicyclic amines) is 1. The van der Waals surface area contributed by atoms with Gasteiger partial charge in [0.05, 0.1) is 11.6 Å². The zero-order chi connectivity index (χ0) is 39.1. The third-order valence-electron chi connectivity index (χ3n) is 12.0. The van der Waals surface area contributed by atoms with E-state index >= 15 is 4.79 Å². The molecule has 0 radical (unpaired) electrons. The summed E-state index contributed by atoms with van der Waals surface area (Å²) >= 11 is 7.37. The fourth-order valence-electron chi connectivity index (χ4n) is 9.41. The fourth-order valence-corrected chi connectivity index (χ4v) is 9.76. The molecule has 1 saturated carbocycles. The molecule has 3 aliphatic carbocycles. The van der Waals surface area contributed by atoms with Crippen LogP contribution in [0.5, 0.6) is 11.6 Å². The number of aliphatic hydroxyl groups excluding tert-OH is 1. The first-order valence-electron chi connectivity index (χ1n) is 19.3. The predicted octanol–water partition coefficient (Wildman–Crippen LogP) is 8.02. The van der Waals surface area contributed by atoms with Crippen molar-refractivity contribution in [2.24, 2.45) is 11.8 Å². The van der Waals surface area contributed by atoms with Crippen molar-refractivity contribution in [3.05, 3.63) is 142 Å². The van der Waals surface area contributed by atoms with E-state index in [1.54, 1.807) is 12.2 Å². The predicted molar refractivity (Wildman–Crippen MR) is 213 cm³/mol. The van der Waals surface area contributed by atoms with Gasteiger partial charge in [-0.15, -0.1) is 13.2 Å². The lowest BCUT2D eigenvalue weighted by molar-refractivity contribution is -0.143. The van der Waals surface area contributed by atoms with E-state index in [1.165, 1.54) is 0 Å². The van der Waals surface area contributed by atoms with Crippen LogP contribution in [0.15, 0.2) is 102 Å². The number of carbonyl (C=O) groups excluding carboxylic acids is 2. The Morgan fingerprint density at radius 1 is 1.00 bits per heavy atom. The first kappa shape index (κ1) is 37.9. The minimum absolute atomic E-state index is 0.0153. The Morgan fingerprint density at radius 3 is 2.30 bits per heavy atom. The average Bonchev–Trinajstić information content (AvgIpc) is 3.87. The van der Waals surface area contributed by atoms with E-state index in [0.717, 1.165) is 42.6 Å². The van der Waals surface area contributed by atoms with E-state index in [0.29, 0.717) is 41.4 Å². The Morgan fingerprint density at radius 2 is 1.66 bits per heavy atom. The molecule has 4 aliphatic rings. The second kappa shape index (κ2) is 15.5. The molecule has 1 saturated heterocycles. The molecule has 0 spiro atoms. The van der Waals surface area contributed by atoms with Crippen molar-refractivity contribution >= 4 is 28.9 Å². The molecule has 11 heteroatoms. The number of benzene rings is 3. The van der Waals surface area contributed by atoms with Crippen molar-refractivity contribution in [1.29, 1.82) is 0 Å². The SMILES string of the molecule is C=CCN(CC=C)[C@@H]1c2onc(OCc3ccccc3)c2C(=O)[C@@]2(O)C(=O)C3=C(O)c4c(OCc5ccccc5)cc(C5CCCN5CC)c(Cl)c4C[C@H]3C[C@@H]12. The second-order valence-corrected chi connectivity index (χ2v) is 15.5. The Kier molecular flexibility index (Phi) is 10.5. The standard InChI is InChI=1S/C45H46ClN3O7/c1-4-19-49(20-5-2)39-32-23-29-22-31-36(34(54-25-27-14-9-7-10-15-27)24-30(38(31)46)33-18-13-21-48(33)6-3)40(50)35(29)42(51)45(32,53)43(52)37-41(39)56-47-44(37)55-26-28-16-11-8-12-17-28/h4-5,7-12,14-17,24,29,32-33,39,50,53H,1-2,6,13,18-23,25-26H2,3H3/t29-,32-,33?,39-,45-/m0/s1. The number of Topliss-reactive ketones (excluding diaryl/α,β-unsaturated/α-hetero) is 2. The molecule has 10 nitrogen and oxygen atoms in total. The topological polar surface area (TPSA) is 126 Å². The molecule has 0 amide bonds. The van der Waals surface area contributed by atoms with Gasteiger partial charge in [-0.05, 0) is 78.2 Å². The average molecular weight is 776 g/mol. The lowest BCUT2D eigenvalue weighted by atomic mass is 9.57. The number of hydrogen-bond acceptors (Lipinski definition) is 10. The number of ether oxygens (including phenoxy) is 2. The maximum Gasteiger partial charge on any atom is 0.265 e. The zero-order valence-electron chi connectivity index (χ0n) is 31.5. The van der Waals surface area contributed by atoms with Crippen LogP contribution in [-0.4, -0.2) is 68.5 Å². The number of aliphatic hydroxyl groups is 2. The third-order valence-corrected chi connectivity index (χ3v) is 12.4. The zero-order valence-corrected chi connectivity index (χ0v) is 32.2. The highest BCUT2D eigenvalue weighted by atomic mass is 35.5. The summed E-state index contributed by atoms with van der Waals surface area (Å²) in [6, 6.07) is 20.2. The molecule has 5 atom stereocenters. The molecule has 8 rings (SSSR count). The van der Waals surface area contributed by atoms with Gasteiger partial charge < -0.3 is 24.2 Å². The molecule has 290 valence electrons. The first-order valence-corrected chi connectivity index (χ1v) is 19.7. The normalized spacial score (nSPS) is 24.4. The highest BCUT2D eigenvalue weighted by molar-refractivity contribution is 6.33. The molecule has 2 heterocycles. The number of rotatable bonds is 13. The minimum Gasteiger partial charge on any atom is -0.507 e. The van der Waals surface area contributed by atoms with Gasteiger partial charge in [-0.25, -0.2) is 0 Å². The summed E-state index contributed by atoms with van der Waals surface area (Å²) in [7, 11) is 0. The van der Waals surface area contributed by atoms with Crippen molar-refractivity contribution < 1.29 is 33.8 Å². The molecule has 4 aromatic rings. The Hall–Kier alpha value is -5.00. The van der Waals surface area contributed by atoms with E-state index in [1.807, 2.05) is 71.6 Å². The largest absolute Gasteiger partial charge is 0.507 e. The lowest BCUT2D eigenvalue weighted by Gasteiger charge is -2.50. The van der Waals surface area contributed by atoms with Gasteiger partial charge in [-0.1, -0.05) is 91.3 Å². The first-order chi connectivity index (χ1) is 27.2. The monoisotopic (exact) mass is 775 g/mol. The van der Waals surface area contributed by atoms with Gasteiger partial charge in [-0.3, -0.25) is 19.4 Å². The van der Waals surface area contributed by atoms with Gasteiger partial charge >= 0.3 is 0 Å². The van der Waals surface area contributed by atoms with E-state index < -0.39 is 35.0 Å². The van der Waals surface area contributed by atoms with Gasteiger partial charge in [0.15, 0.2) is 11.4 Å². The molecule has 56 heavy (non-hydrogen) atoms. The van der Waals surface area contributed by atoms with Crippen molar-refractivity contribution in [2.45, 2.75) is 63.5 Å². The summed E-state index contributed by atoms with van der Waals surface area (Å²) in [6.07, 6.45) is 5.83. The Bertz CT molecular complexity index is 2190. The summed E-state index contributed by atoms with van der Waals surface area (Å²) in [5, 5.41) is 29.8. The van der Waals surface area contributed by atoms with Crippen LogP contribution in [0.4, 0.5) is 0 Å². The van der Waals surface area contributed by atoms with E-state index in [9.17, 15) is 15.0 Å². The Balaban J connectivity index is 1.25. The quantitative estimate of drug-likeness (QED) is 0.102. The molecule has 2 N–H and O–H groups in total. The number of carbonyl (C=O) groups is 2. The Labute approximate surface area is 331 Å². The second-order valence-electron chi connectivity index (χ2n) is 15.1. The van der Waals surface area contributed by atoms with Crippen LogP contribution in [0.3, 0.4) is 0 Å². The highest BCUT2D eigenvalue weighted by Gasteiger charge is 2.66. The van der Waals surface area contributed by atoms with E-state index in [-0.39, 0.29) is 54.2 Å². The van der Waals surface area contributed by atoms with Gasteiger partial charge in [-0.2, -0.15) is 0 Å². The van der Waals surface area contributed by atoms with Crippen LogP contribution in [-0.2, 0) is 24.4 Å². The number of fused-ring (bicyclic) bond motifs is 4. The molecular formula is C45H46ClN3O7. The number of aromatic nitrogens is 1. The van der Waals surface area contributed by atoms with Gasteiger partial charge in [0.1, 0.15) is 30.3 Å². The summed E-state index contributed by atoms with van der Waals surface area (Å²) in [4.78, 5) is 34.2. The van der Waals surface area contributed by atoms with Crippen LogP contribution in [0, 0.1) is 11.8 Å². The summed E-state index contributed by atoms with van der Waals surface area (Å²) < 4.78 is 18.5. The summed E-state index contributed by atoms with van der Waals surface area (Å²) in [5.74, 6) is -3.15. The molecule has 0 bridgehead atoms. The van der Waals surface area contributed by atoms with Crippen molar-refractivity contribution in [2.75, 3.05) is 26.2 Å². The van der Waals surface area contributed by atoms with Crippen LogP contribution in [0.1, 0.15) is 82.2 Å². The van der Waals surface area contributed by atoms with Crippen LogP contribution in [0.2, 0.25) is 5.02 Å². The van der Waals surface area contributed by atoms with Crippen molar-refractivity contribution in [3.63, 3.8) is 0 Å². The third kappa shape index (κ3) is 6.29. The molecule has 1 unspecified atom stereocenters. The maximum atomic E-state index is 15.1. The molecule has 2 fully saturated rings. The number of halogens is 1. The van der Waals surface area contributed by atoms with Crippen molar-refractivity contribution in [3.8, 4) is 11.6 Å². The molecule has 1 aromatic heterocycles. The molecule has 1 aliphatic heterocycles. The number of ketones is 2. The lowest BCUT2D eigenvalue weighted by Crippen LogP contribution is -2.63. The fraction of sp³-hybridized carbons (Fsp3) is 0.356. The van der Waals surface area contributed by atoms with Gasteiger partial charge in [0.2, 0.25) is 11.6 Å². The molecule has 3 aromatic carbocycles. The van der Waals surface area contributed by atoms with Gasteiger partial charge in [0, 0.05) is 35.6 Å². The van der Waals surface area contributed by atoms with E-state index in [2.05, 4.69) is 30.1 Å². The summed E-state index contributed by atoms with van der Waals surface area (Å²) in [6.45, 7) is 12.8. The van der Waals surface area contributed by atoms with Crippen LogP contribution >= 0.6 is 11.6 Å². The highest BCUT2D eigenvalue weighted by Crippen LogP contribution is 2.57. The minimum atomic E-state index is -2.58. The number of hydrogen-bond donors (Lipinski definition) is 2. The summed E-state index contributed by atoms with van der Waals surface area (Å²) in [5.41, 5.74) is 0.992. The number of nitrogens with zero attached hydrogens (tertiary/aromatic N) is 3. The van der Waals surface area contributed by atoms with E-state index in [4.69, 9.17) is 25.6 Å². The van der Waals surface area contributed by atoms with Gasteiger partial charge in [0.25, 0.3) is 5.88 Å².